The fourth-order valence-corrected chi connectivity index (χ4v) is 3.07. The molecule has 2 unspecified atom stereocenters. The van der Waals surface area contributed by atoms with E-state index in [9.17, 15) is 0 Å². The molecular weight excluding hydrogens is 272 g/mol. The lowest BCUT2D eigenvalue weighted by molar-refractivity contribution is 0.414. The van der Waals surface area contributed by atoms with E-state index in [0.717, 1.165) is 28.7 Å². The highest BCUT2D eigenvalue weighted by molar-refractivity contribution is 7.99. The number of nitrogens with two attached hydrogens (primary N) is 1. The molecule has 2 aromatic rings. The van der Waals surface area contributed by atoms with E-state index in [4.69, 9.17) is 10.5 Å². The van der Waals surface area contributed by atoms with Gasteiger partial charge in [-0.2, -0.15) is 0 Å². The van der Waals surface area contributed by atoms with Crippen LogP contribution in [0.1, 0.15) is 30.0 Å². The van der Waals surface area contributed by atoms with Crippen LogP contribution in [0.4, 0.5) is 0 Å². The average Bonchev–Trinajstić information content (AvgIpc) is 2.89. The van der Waals surface area contributed by atoms with Gasteiger partial charge in [-0.15, -0.1) is 5.10 Å². The first-order valence-electron chi connectivity index (χ1n) is 6.59. The summed E-state index contributed by atoms with van der Waals surface area (Å²) in [6, 6.07) is 8.05. The number of nitrogens with one attached hydrogen (secondary N) is 1. The molecule has 0 spiro atoms. The number of hydrogen-bond acceptors (Lipinski definition) is 5. The van der Waals surface area contributed by atoms with Crippen LogP contribution >= 0.6 is 11.8 Å². The number of ether oxygens (including phenoxy) is 1. The molecule has 2 rings (SSSR count). The van der Waals surface area contributed by atoms with Crippen LogP contribution in [0.3, 0.4) is 0 Å². The van der Waals surface area contributed by atoms with Gasteiger partial charge in [0.1, 0.15) is 11.6 Å². The topological polar surface area (TPSA) is 76.8 Å². The number of benzene rings is 1. The number of methoxy groups -OCH3 is 1. The molecule has 0 radical (unpaired) electrons. The maximum absolute atomic E-state index is 6.26. The molecule has 0 fully saturated rings. The Hall–Kier alpha value is -1.53. The van der Waals surface area contributed by atoms with Crippen molar-refractivity contribution >= 4 is 11.8 Å². The second-order valence-electron chi connectivity index (χ2n) is 4.59. The Kier molecular flexibility index (Phi) is 5.03. The number of rotatable bonds is 6. The van der Waals surface area contributed by atoms with E-state index in [-0.39, 0.29) is 11.3 Å². The van der Waals surface area contributed by atoms with E-state index in [0.29, 0.717) is 0 Å². The fraction of sp³-hybridized carbons (Fsp3) is 0.429. The summed E-state index contributed by atoms with van der Waals surface area (Å²) in [5.74, 6) is 1.65. The van der Waals surface area contributed by atoms with Crippen LogP contribution in [0.15, 0.2) is 29.4 Å². The van der Waals surface area contributed by atoms with Gasteiger partial charge in [0.2, 0.25) is 5.16 Å². The van der Waals surface area contributed by atoms with Gasteiger partial charge < -0.3 is 10.5 Å². The Morgan fingerprint density at radius 1 is 1.35 bits per heavy atom. The monoisotopic (exact) mass is 292 g/mol. The molecule has 1 aromatic carbocycles. The summed E-state index contributed by atoms with van der Waals surface area (Å²) >= 11 is 1.59. The highest BCUT2D eigenvalue weighted by Gasteiger charge is 2.21. The first-order chi connectivity index (χ1) is 9.63. The summed E-state index contributed by atoms with van der Waals surface area (Å²) in [6.45, 7) is 3.98. The van der Waals surface area contributed by atoms with Crippen molar-refractivity contribution in [1.29, 1.82) is 0 Å². The molecule has 1 aromatic heterocycles. The smallest absolute Gasteiger partial charge is 0.209 e. The average molecular weight is 292 g/mol. The highest BCUT2D eigenvalue weighted by atomic mass is 32.2. The molecule has 6 heteroatoms. The maximum atomic E-state index is 6.26. The number of aryl methyl sites for hydroxylation is 1. The van der Waals surface area contributed by atoms with Gasteiger partial charge in [-0.1, -0.05) is 30.8 Å². The molecule has 0 aliphatic heterocycles. The SMILES string of the molecule is CCC(N)C(Sc1n[nH]c(C)n1)c1ccc(OC)cc1. The van der Waals surface area contributed by atoms with Crippen LogP contribution in [0.2, 0.25) is 0 Å². The molecule has 0 saturated heterocycles. The predicted molar refractivity (Wildman–Crippen MR) is 81.0 cm³/mol. The first kappa shape index (κ1) is 14.9. The summed E-state index contributed by atoms with van der Waals surface area (Å²) in [4.78, 5) is 4.34. The summed E-state index contributed by atoms with van der Waals surface area (Å²) < 4.78 is 5.19. The van der Waals surface area contributed by atoms with Crippen molar-refractivity contribution < 1.29 is 4.74 Å². The van der Waals surface area contributed by atoms with Gasteiger partial charge in [0.15, 0.2) is 0 Å². The summed E-state index contributed by atoms with van der Waals surface area (Å²) in [7, 11) is 1.66. The molecule has 0 amide bonds. The van der Waals surface area contributed by atoms with Crippen molar-refractivity contribution in [2.24, 2.45) is 5.73 Å². The van der Waals surface area contributed by atoms with Crippen LogP contribution in [-0.2, 0) is 0 Å². The van der Waals surface area contributed by atoms with E-state index in [2.05, 4.69) is 22.1 Å². The van der Waals surface area contributed by atoms with Gasteiger partial charge in [0, 0.05) is 6.04 Å². The minimum atomic E-state index is 0.0483. The summed E-state index contributed by atoms with van der Waals surface area (Å²) in [5, 5.41) is 7.89. The lowest BCUT2D eigenvalue weighted by atomic mass is 10.0. The van der Waals surface area contributed by atoms with Gasteiger partial charge in [-0.3, -0.25) is 5.10 Å². The number of H-pyrrole nitrogens is 1. The van der Waals surface area contributed by atoms with Crippen LogP contribution in [-0.4, -0.2) is 28.3 Å². The van der Waals surface area contributed by atoms with Crippen molar-refractivity contribution in [2.45, 2.75) is 36.7 Å². The van der Waals surface area contributed by atoms with Crippen molar-refractivity contribution in [3.05, 3.63) is 35.7 Å². The first-order valence-corrected chi connectivity index (χ1v) is 7.47. The molecular formula is C14H20N4OS. The maximum Gasteiger partial charge on any atom is 0.209 e. The van der Waals surface area contributed by atoms with Gasteiger partial charge in [0.25, 0.3) is 0 Å². The molecule has 1 heterocycles. The summed E-state index contributed by atoms with van der Waals surface area (Å²) in [6.07, 6.45) is 0.896. The van der Waals surface area contributed by atoms with E-state index in [1.54, 1.807) is 18.9 Å². The van der Waals surface area contributed by atoms with E-state index in [1.807, 2.05) is 31.2 Å². The molecule has 0 saturated carbocycles. The second-order valence-corrected chi connectivity index (χ2v) is 5.70. The third-order valence-corrected chi connectivity index (χ3v) is 4.38. The second kappa shape index (κ2) is 6.76. The lowest BCUT2D eigenvalue weighted by Crippen LogP contribution is -2.25. The number of nitrogens with zero attached hydrogens (tertiary/aromatic N) is 2. The van der Waals surface area contributed by atoms with Crippen molar-refractivity contribution in [2.75, 3.05) is 7.11 Å². The fourth-order valence-electron chi connectivity index (χ4n) is 1.90. The van der Waals surface area contributed by atoms with Gasteiger partial charge >= 0.3 is 0 Å². The Morgan fingerprint density at radius 2 is 2.05 bits per heavy atom. The minimum Gasteiger partial charge on any atom is -0.497 e. The predicted octanol–water partition coefficient (Wildman–Crippen LogP) is 2.69. The zero-order valence-corrected chi connectivity index (χ0v) is 12.8. The van der Waals surface area contributed by atoms with E-state index >= 15 is 0 Å². The highest BCUT2D eigenvalue weighted by Crippen LogP contribution is 2.36. The van der Waals surface area contributed by atoms with Gasteiger partial charge in [-0.25, -0.2) is 4.98 Å². The van der Waals surface area contributed by atoms with Crippen LogP contribution in [0.5, 0.6) is 5.75 Å². The number of aromatic amines is 1. The molecule has 5 nitrogen and oxygen atoms in total. The van der Waals surface area contributed by atoms with Crippen molar-refractivity contribution in [3.8, 4) is 5.75 Å². The lowest BCUT2D eigenvalue weighted by Gasteiger charge is -2.21. The number of hydrogen-bond donors (Lipinski definition) is 2. The standard InChI is InChI=1S/C14H20N4OS/c1-4-12(15)13(20-14-16-9(2)17-18-14)10-5-7-11(19-3)8-6-10/h5-8,12-13H,4,15H2,1-3H3,(H,16,17,18). The quantitative estimate of drug-likeness (QED) is 0.800. The van der Waals surface area contributed by atoms with Crippen molar-refractivity contribution in [3.63, 3.8) is 0 Å². The van der Waals surface area contributed by atoms with Gasteiger partial charge in [0.05, 0.1) is 12.4 Å². The largest absolute Gasteiger partial charge is 0.497 e. The molecule has 3 N–H and O–H groups in total. The Labute approximate surface area is 123 Å². The Balaban J connectivity index is 2.22. The number of aromatic nitrogens is 3. The number of thioether (sulfide) groups is 1. The van der Waals surface area contributed by atoms with Crippen LogP contribution < -0.4 is 10.5 Å². The zero-order chi connectivity index (χ0) is 14.5. The Morgan fingerprint density at radius 3 is 2.55 bits per heavy atom. The van der Waals surface area contributed by atoms with Crippen LogP contribution in [0.25, 0.3) is 0 Å². The third kappa shape index (κ3) is 3.52. The molecule has 108 valence electrons. The Bertz CT molecular complexity index is 540. The minimum absolute atomic E-state index is 0.0483. The molecule has 2 atom stereocenters. The molecule has 0 aliphatic rings. The zero-order valence-electron chi connectivity index (χ0n) is 12.0. The van der Waals surface area contributed by atoms with Crippen molar-refractivity contribution in [1.82, 2.24) is 15.2 Å². The molecule has 0 bridgehead atoms. The normalized spacial score (nSPS) is 14.0. The molecule has 0 aliphatic carbocycles. The van der Waals surface area contributed by atoms with E-state index in [1.165, 1.54) is 0 Å². The molecule has 20 heavy (non-hydrogen) atoms. The summed E-state index contributed by atoms with van der Waals surface area (Å²) in [5.41, 5.74) is 7.42. The van der Waals surface area contributed by atoms with E-state index < -0.39 is 0 Å². The third-order valence-electron chi connectivity index (χ3n) is 3.11. The van der Waals surface area contributed by atoms with Gasteiger partial charge in [-0.05, 0) is 31.0 Å². The van der Waals surface area contributed by atoms with Crippen LogP contribution in [0, 0.1) is 6.92 Å².